The molecule has 0 spiro atoms. The predicted octanol–water partition coefficient (Wildman–Crippen LogP) is 4.31. The Morgan fingerprint density at radius 3 is 2.85 bits per heavy atom. The lowest BCUT2D eigenvalue weighted by atomic mass is 10.1. The van der Waals surface area contributed by atoms with Gasteiger partial charge in [-0.2, -0.15) is 0 Å². The average molecular weight is 291 g/mol. The van der Waals surface area contributed by atoms with E-state index in [1.807, 2.05) is 24.4 Å². The molecule has 0 fully saturated rings. The SMILES string of the molecule is CCCC(Nc1nc(C)ccc1[N+](=O)[O-])c1cccs1. The number of pyridine rings is 1. The Balaban J connectivity index is 2.30. The van der Waals surface area contributed by atoms with Crippen LogP contribution in [-0.4, -0.2) is 9.91 Å². The Morgan fingerprint density at radius 2 is 2.25 bits per heavy atom. The summed E-state index contributed by atoms with van der Waals surface area (Å²) in [6.07, 6.45) is 1.91. The fourth-order valence-corrected chi connectivity index (χ4v) is 2.84. The van der Waals surface area contributed by atoms with E-state index in [4.69, 9.17) is 0 Å². The molecule has 0 aromatic carbocycles. The Hall–Kier alpha value is -1.95. The van der Waals surface area contributed by atoms with Crippen molar-refractivity contribution in [3.63, 3.8) is 0 Å². The van der Waals surface area contributed by atoms with Crippen LogP contribution >= 0.6 is 11.3 Å². The predicted molar refractivity (Wildman–Crippen MR) is 81.2 cm³/mol. The quantitative estimate of drug-likeness (QED) is 0.636. The normalized spacial score (nSPS) is 12.1. The first-order valence-electron chi connectivity index (χ1n) is 6.53. The molecule has 0 radical (unpaired) electrons. The highest BCUT2D eigenvalue weighted by atomic mass is 32.1. The molecular formula is C14H17N3O2S. The Morgan fingerprint density at radius 1 is 1.45 bits per heavy atom. The van der Waals surface area contributed by atoms with E-state index in [2.05, 4.69) is 17.2 Å². The van der Waals surface area contributed by atoms with E-state index in [1.54, 1.807) is 17.4 Å². The van der Waals surface area contributed by atoms with Gasteiger partial charge < -0.3 is 5.32 Å². The van der Waals surface area contributed by atoms with Crippen molar-refractivity contribution in [3.05, 3.63) is 50.3 Å². The lowest BCUT2D eigenvalue weighted by Gasteiger charge is -2.17. The summed E-state index contributed by atoms with van der Waals surface area (Å²) in [4.78, 5) is 16.1. The number of thiophene rings is 1. The molecule has 0 amide bonds. The first-order valence-corrected chi connectivity index (χ1v) is 7.41. The van der Waals surface area contributed by atoms with Crippen LogP contribution in [0, 0.1) is 17.0 Å². The summed E-state index contributed by atoms with van der Waals surface area (Å²) in [5.74, 6) is 0.349. The van der Waals surface area contributed by atoms with Gasteiger partial charge in [0, 0.05) is 16.6 Å². The largest absolute Gasteiger partial charge is 0.357 e. The number of aromatic nitrogens is 1. The molecule has 1 atom stereocenters. The third-order valence-corrected chi connectivity index (χ3v) is 3.97. The molecule has 2 aromatic rings. The van der Waals surface area contributed by atoms with Gasteiger partial charge in [-0.25, -0.2) is 4.98 Å². The zero-order valence-corrected chi connectivity index (χ0v) is 12.3. The molecular weight excluding hydrogens is 274 g/mol. The summed E-state index contributed by atoms with van der Waals surface area (Å²) < 4.78 is 0. The molecule has 2 aromatic heterocycles. The maximum Gasteiger partial charge on any atom is 0.311 e. The number of anilines is 1. The molecule has 2 heterocycles. The van der Waals surface area contributed by atoms with Crippen molar-refractivity contribution in [2.45, 2.75) is 32.7 Å². The van der Waals surface area contributed by atoms with E-state index >= 15 is 0 Å². The van der Waals surface area contributed by atoms with E-state index in [1.165, 1.54) is 10.9 Å². The van der Waals surface area contributed by atoms with Gasteiger partial charge in [-0.15, -0.1) is 11.3 Å². The highest BCUT2D eigenvalue weighted by molar-refractivity contribution is 7.10. The Kier molecular flexibility index (Phi) is 4.68. The van der Waals surface area contributed by atoms with E-state index < -0.39 is 4.92 Å². The van der Waals surface area contributed by atoms with E-state index in [0.29, 0.717) is 5.82 Å². The molecule has 0 bridgehead atoms. The van der Waals surface area contributed by atoms with Gasteiger partial charge in [-0.3, -0.25) is 10.1 Å². The van der Waals surface area contributed by atoms with Crippen LogP contribution in [0.4, 0.5) is 11.5 Å². The minimum atomic E-state index is -0.397. The number of aryl methyl sites for hydroxylation is 1. The van der Waals surface area contributed by atoms with E-state index in [0.717, 1.165) is 18.5 Å². The molecule has 6 heteroatoms. The highest BCUT2D eigenvalue weighted by Crippen LogP contribution is 2.30. The summed E-state index contributed by atoms with van der Waals surface area (Å²) in [5, 5.41) is 16.3. The van der Waals surface area contributed by atoms with Crippen molar-refractivity contribution in [2.75, 3.05) is 5.32 Å². The topological polar surface area (TPSA) is 68.1 Å². The van der Waals surface area contributed by atoms with Gasteiger partial charge in [0.05, 0.1) is 11.0 Å². The summed E-state index contributed by atoms with van der Waals surface area (Å²) in [6.45, 7) is 3.93. The van der Waals surface area contributed by atoms with Gasteiger partial charge in [0.15, 0.2) is 0 Å². The maximum atomic E-state index is 11.1. The molecule has 0 saturated heterocycles. The first-order chi connectivity index (χ1) is 9.61. The second-order valence-electron chi connectivity index (χ2n) is 4.58. The summed E-state index contributed by atoms with van der Waals surface area (Å²) in [7, 11) is 0. The third kappa shape index (κ3) is 3.33. The average Bonchev–Trinajstić information content (AvgIpc) is 2.91. The fraction of sp³-hybridized carbons (Fsp3) is 0.357. The molecule has 1 N–H and O–H groups in total. The van der Waals surface area contributed by atoms with Crippen molar-refractivity contribution in [2.24, 2.45) is 0 Å². The van der Waals surface area contributed by atoms with Crippen molar-refractivity contribution in [1.29, 1.82) is 0 Å². The van der Waals surface area contributed by atoms with Crippen LogP contribution in [-0.2, 0) is 0 Å². The van der Waals surface area contributed by atoms with Gasteiger partial charge in [0.1, 0.15) is 0 Å². The molecule has 0 saturated carbocycles. The molecule has 0 aliphatic rings. The van der Waals surface area contributed by atoms with Gasteiger partial charge in [-0.1, -0.05) is 19.4 Å². The van der Waals surface area contributed by atoms with Crippen LogP contribution in [0.2, 0.25) is 0 Å². The standard InChI is InChI=1S/C14H17N3O2S/c1-3-5-11(13-6-4-9-20-13)16-14-12(17(18)19)8-7-10(2)15-14/h4,6-9,11H,3,5H2,1-2H3,(H,15,16). The number of rotatable bonds is 6. The Labute approximate surface area is 121 Å². The smallest absolute Gasteiger partial charge is 0.311 e. The van der Waals surface area contributed by atoms with Crippen LogP contribution in [0.3, 0.4) is 0 Å². The van der Waals surface area contributed by atoms with Crippen LogP contribution in [0.25, 0.3) is 0 Å². The summed E-state index contributed by atoms with van der Waals surface area (Å²) in [5.41, 5.74) is 0.785. The summed E-state index contributed by atoms with van der Waals surface area (Å²) >= 11 is 1.65. The maximum absolute atomic E-state index is 11.1. The number of hydrogen-bond acceptors (Lipinski definition) is 5. The lowest BCUT2D eigenvalue weighted by molar-refractivity contribution is -0.384. The molecule has 0 aliphatic heterocycles. The number of nitrogens with one attached hydrogen (secondary N) is 1. The van der Waals surface area contributed by atoms with Crippen LogP contribution in [0.1, 0.15) is 36.4 Å². The van der Waals surface area contributed by atoms with Gasteiger partial charge in [0.2, 0.25) is 5.82 Å². The molecule has 20 heavy (non-hydrogen) atoms. The second-order valence-corrected chi connectivity index (χ2v) is 5.56. The first kappa shape index (κ1) is 14.5. The fourth-order valence-electron chi connectivity index (χ4n) is 2.03. The zero-order valence-electron chi connectivity index (χ0n) is 11.5. The van der Waals surface area contributed by atoms with Crippen molar-refractivity contribution in [3.8, 4) is 0 Å². The van der Waals surface area contributed by atoms with Gasteiger partial charge in [0.25, 0.3) is 0 Å². The van der Waals surface area contributed by atoms with Crippen molar-refractivity contribution in [1.82, 2.24) is 4.98 Å². The minimum absolute atomic E-state index is 0.0215. The monoisotopic (exact) mass is 291 g/mol. The van der Waals surface area contributed by atoms with Crippen molar-refractivity contribution >= 4 is 22.8 Å². The van der Waals surface area contributed by atoms with Crippen LogP contribution in [0.5, 0.6) is 0 Å². The van der Waals surface area contributed by atoms with Crippen LogP contribution < -0.4 is 5.32 Å². The molecule has 2 rings (SSSR count). The number of nitro groups is 1. The minimum Gasteiger partial charge on any atom is -0.357 e. The number of nitrogens with zero attached hydrogens (tertiary/aromatic N) is 2. The lowest BCUT2D eigenvalue weighted by Crippen LogP contribution is -2.12. The molecule has 0 aliphatic carbocycles. The van der Waals surface area contributed by atoms with Crippen molar-refractivity contribution < 1.29 is 4.92 Å². The second kappa shape index (κ2) is 6.47. The van der Waals surface area contributed by atoms with Gasteiger partial charge >= 0.3 is 5.69 Å². The number of hydrogen-bond donors (Lipinski definition) is 1. The third-order valence-electron chi connectivity index (χ3n) is 2.98. The van der Waals surface area contributed by atoms with Crippen LogP contribution in [0.15, 0.2) is 29.6 Å². The Bertz CT molecular complexity index is 584. The molecule has 5 nitrogen and oxygen atoms in total. The highest BCUT2D eigenvalue weighted by Gasteiger charge is 2.20. The van der Waals surface area contributed by atoms with E-state index in [-0.39, 0.29) is 11.7 Å². The summed E-state index contributed by atoms with van der Waals surface area (Å²) in [6, 6.07) is 7.25. The van der Waals surface area contributed by atoms with E-state index in [9.17, 15) is 10.1 Å². The van der Waals surface area contributed by atoms with Gasteiger partial charge in [-0.05, 0) is 30.9 Å². The molecule has 106 valence electrons. The molecule has 1 unspecified atom stereocenters. The zero-order chi connectivity index (χ0) is 14.5.